The van der Waals surface area contributed by atoms with Gasteiger partial charge in [-0.3, -0.25) is 0 Å². The molecule has 1 unspecified atom stereocenters. The molecule has 0 aliphatic rings. The number of benzene rings is 1. The smallest absolute Gasteiger partial charge is 0.210 e. The SMILES string of the molecule is COc1ccc(Cn2nnnc2SC(C)c2nnc(C)s2)cc1. The quantitative estimate of drug-likeness (QED) is 0.634. The summed E-state index contributed by atoms with van der Waals surface area (Å²) in [4.78, 5) is 0. The zero-order chi connectivity index (χ0) is 16.2. The number of aromatic nitrogens is 6. The van der Waals surface area contributed by atoms with Gasteiger partial charge in [-0.2, -0.15) is 0 Å². The number of tetrazole rings is 1. The molecule has 2 heterocycles. The van der Waals surface area contributed by atoms with E-state index in [1.54, 1.807) is 34.9 Å². The normalized spacial score (nSPS) is 12.3. The van der Waals surface area contributed by atoms with E-state index in [4.69, 9.17) is 4.74 Å². The lowest BCUT2D eigenvalue weighted by atomic mass is 10.2. The van der Waals surface area contributed by atoms with Crippen molar-refractivity contribution in [2.24, 2.45) is 0 Å². The van der Waals surface area contributed by atoms with Crippen LogP contribution in [0.5, 0.6) is 5.75 Å². The average Bonchev–Trinajstić information content (AvgIpc) is 3.17. The third-order valence-corrected chi connectivity index (χ3v) is 5.41. The molecule has 3 aromatic rings. The fourth-order valence-electron chi connectivity index (χ4n) is 1.97. The van der Waals surface area contributed by atoms with Gasteiger partial charge in [0, 0.05) is 0 Å². The fourth-order valence-corrected chi connectivity index (χ4v) is 3.66. The molecule has 0 radical (unpaired) electrons. The van der Waals surface area contributed by atoms with Gasteiger partial charge in [-0.15, -0.1) is 26.6 Å². The molecule has 0 fully saturated rings. The first kappa shape index (κ1) is 15.9. The molecule has 120 valence electrons. The highest BCUT2D eigenvalue weighted by Gasteiger charge is 2.17. The predicted molar refractivity (Wildman–Crippen MR) is 88.8 cm³/mol. The number of hydrogen-bond donors (Lipinski definition) is 0. The van der Waals surface area contributed by atoms with Crippen molar-refractivity contribution in [3.63, 3.8) is 0 Å². The number of aryl methyl sites for hydroxylation is 1. The van der Waals surface area contributed by atoms with Crippen molar-refractivity contribution in [1.82, 2.24) is 30.4 Å². The van der Waals surface area contributed by atoms with E-state index in [9.17, 15) is 0 Å². The van der Waals surface area contributed by atoms with E-state index in [1.807, 2.05) is 31.2 Å². The Kier molecular flexibility index (Phi) is 4.87. The molecule has 0 spiro atoms. The van der Waals surface area contributed by atoms with Crippen molar-refractivity contribution < 1.29 is 4.74 Å². The van der Waals surface area contributed by atoms with Crippen LogP contribution in [0.15, 0.2) is 29.4 Å². The molecule has 0 amide bonds. The van der Waals surface area contributed by atoms with Crippen LogP contribution in [0.25, 0.3) is 0 Å². The molecular weight excluding hydrogens is 332 g/mol. The number of rotatable bonds is 6. The van der Waals surface area contributed by atoms with E-state index < -0.39 is 0 Å². The minimum Gasteiger partial charge on any atom is -0.497 e. The van der Waals surface area contributed by atoms with Gasteiger partial charge >= 0.3 is 0 Å². The van der Waals surface area contributed by atoms with Gasteiger partial charge in [0.1, 0.15) is 15.8 Å². The molecular formula is C14H16N6OS2. The van der Waals surface area contributed by atoms with Crippen LogP contribution in [0, 0.1) is 6.92 Å². The number of hydrogen-bond acceptors (Lipinski definition) is 8. The van der Waals surface area contributed by atoms with Crippen molar-refractivity contribution in [3.8, 4) is 5.75 Å². The summed E-state index contributed by atoms with van der Waals surface area (Å²) in [6.07, 6.45) is 0. The Balaban J connectivity index is 1.71. The Morgan fingerprint density at radius 2 is 2.00 bits per heavy atom. The van der Waals surface area contributed by atoms with Crippen molar-refractivity contribution in [2.75, 3.05) is 7.11 Å². The van der Waals surface area contributed by atoms with Crippen molar-refractivity contribution in [1.29, 1.82) is 0 Å². The molecule has 9 heteroatoms. The van der Waals surface area contributed by atoms with Crippen molar-refractivity contribution in [2.45, 2.75) is 30.8 Å². The van der Waals surface area contributed by atoms with Crippen LogP contribution < -0.4 is 4.74 Å². The van der Waals surface area contributed by atoms with E-state index in [2.05, 4.69) is 32.6 Å². The molecule has 1 atom stereocenters. The Hall–Kier alpha value is -2.00. The fraction of sp³-hybridized carbons (Fsp3) is 0.357. The number of methoxy groups -OCH3 is 1. The van der Waals surface area contributed by atoms with E-state index in [1.165, 1.54) is 0 Å². The highest BCUT2D eigenvalue weighted by molar-refractivity contribution is 7.99. The lowest BCUT2D eigenvalue weighted by molar-refractivity contribution is 0.414. The van der Waals surface area contributed by atoms with Crippen molar-refractivity contribution >= 4 is 23.1 Å². The molecule has 0 bridgehead atoms. The Labute approximate surface area is 142 Å². The van der Waals surface area contributed by atoms with Crippen LogP contribution in [-0.4, -0.2) is 37.5 Å². The Morgan fingerprint density at radius 3 is 2.65 bits per heavy atom. The number of ether oxygens (including phenoxy) is 1. The average molecular weight is 348 g/mol. The molecule has 0 aliphatic carbocycles. The zero-order valence-corrected chi connectivity index (χ0v) is 14.6. The largest absolute Gasteiger partial charge is 0.497 e. The van der Waals surface area contributed by atoms with Crippen molar-refractivity contribution in [3.05, 3.63) is 39.8 Å². The van der Waals surface area contributed by atoms with Gasteiger partial charge in [0.05, 0.1) is 18.9 Å². The van der Waals surface area contributed by atoms with Crippen LogP contribution in [0.2, 0.25) is 0 Å². The molecule has 0 N–H and O–H groups in total. The van der Waals surface area contributed by atoms with Gasteiger partial charge in [-0.25, -0.2) is 4.68 Å². The first-order valence-corrected chi connectivity index (χ1v) is 8.71. The summed E-state index contributed by atoms with van der Waals surface area (Å²) in [5.41, 5.74) is 1.11. The summed E-state index contributed by atoms with van der Waals surface area (Å²) in [6, 6.07) is 7.87. The van der Waals surface area contributed by atoms with Crippen LogP contribution in [0.3, 0.4) is 0 Å². The molecule has 0 saturated carbocycles. The summed E-state index contributed by atoms with van der Waals surface area (Å²) in [5, 5.41) is 23.1. The molecule has 2 aromatic heterocycles. The maximum atomic E-state index is 5.17. The van der Waals surface area contributed by atoms with Crippen LogP contribution in [0.4, 0.5) is 0 Å². The molecule has 7 nitrogen and oxygen atoms in total. The third-order valence-electron chi connectivity index (χ3n) is 3.16. The molecule has 0 saturated heterocycles. The Morgan fingerprint density at radius 1 is 1.22 bits per heavy atom. The highest BCUT2D eigenvalue weighted by atomic mass is 32.2. The van der Waals surface area contributed by atoms with E-state index >= 15 is 0 Å². The van der Waals surface area contributed by atoms with Gasteiger partial charge in [-0.05, 0) is 42.0 Å². The minimum atomic E-state index is 0.154. The second kappa shape index (κ2) is 7.05. The van der Waals surface area contributed by atoms with E-state index in [0.29, 0.717) is 6.54 Å². The lowest BCUT2D eigenvalue weighted by Gasteiger charge is -2.08. The third kappa shape index (κ3) is 3.85. The first-order chi connectivity index (χ1) is 11.2. The second-order valence-electron chi connectivity index (χ2n) is 4.89. The standard InChI is InChI=1S/C14H16N6OS2/c1-9(13-16-15-10(2)23-13)22-14-17-18-19-20(14)8-11-4-6-12(21-3)7-5-11/h4-7,9H,8H2,1-3H3. The molecule has 23 heavy (non-hydrogen) atoms. The minimum absolute atomic E-state index is 0.154. The van der Waals surface area contributed by atoms with E-state index in [0.717, 1.165) is 26.5 Å². The molecule has 3 rings (SSSR count). The molecule has 0 aliphatic heterocycles. The maximum Gasteiger partial charge on any atom is 0.210 e. The number of thioether (sulfide) groups is 1. The summed E-state index contributed by atoms with van der Waals surface area (Å²) >= 11 is 3.18. The van der Waals surface area contributed by atoms with Gasteiger partial charge in [0.15, 0.2) is 0 Å². The first-order valence-electron chi connectivity index (χ1n) is 7.01. The van der Waals surface area contributed by atoms with Gasteiger partial charge in [0.25, 0.3) is 0 Å². The van der Waals surface area contributed by atoms with Gasteiger partial charge < -0.3 is 4.74 Å². The van der Waals surface area contributed by atoms with Crippen LogP contribution in [-0.2, 0) is 6.54 Å². The van der Waals surface area contributed by atoms with Gasteiger partial charge in [-0.1, -0.05) is 23.9 Å². The highest BCUT2D eigenvalue weighted by Crippen LogP contribution is 2.34. The monoisotopic (exact) mass is 348 g/mol. The summed E-state index contributed by atoms with van der Waals surface area (Å²) in [7, 11) is 1.65. The summed E-state index contributed by atoms with van der Waals surface area (Å²) in [5.74, 6) is 0.834. The van der Waals surface area contributed by atoms with Crippen LogP contribution >= 0.6 is 23.1 Å². The second-order valence-corrected chi connectivity index (χ2v) is 7.41. The van der Waals surface area contributed by atoms with Crippen LogP contribution in [0.1, 0.15) is 27.8 Å². The van der Waals surface area contributed by atoms with Gasteiger partial charge in [0.2, 0.25) is 5.16 Å². The van der Waals surface area contributed by atoms with E-state index in [-0.39, 0.29) is 5.25 Å². The number of nitrogens with zero attached hydrogens (tertiary/aromatic N) is 6. The summed E-state index contributed by atoms with van der Waals surface area (Å²) < 4.78 is 6.96. The maximum absolute atomic E-state index is 5.17. The zero-order valence-electron chi connectivity index (χ0n) is 13.0. The topological polar surface area (TPSA) is 78.6 Å². The molecule has 1 aromatic carbocycles. The summed E-state index contributed by atoms with van der Waals surface area (Å²) in [6.45, 7) is 4.64. The lowest BCUT2D eigenvalue weighted by Crippen LogP contribution is -2.04. The Bertz CT molecular complexity index is 770. The predicted octanol–water partition coefficient (Wildman–Crippen LogP) is 2.74.